The maximum atomic E-state index is 12.3. The number of hydrazine groups is 1. The van der Waals surface area contributed by atoms with Crippen LogP contribution in [0.1, 0.15) is 30.0 Å². The topological polar surface area (TPSA) is 96.5 Å². The van der Waals surface area contributed by atoms with Gasteiger partial charge in [0.05, 0.1) is 18.1 Å². The first-order valence-corrected chi connectivity index (χ1v) is 10.1. The molecular formula is C16H21N3O4S. The number of fused-ring (bicyclic) bond motifs is 1. The van der Waals surface area contributed by atoms with Crippen molar-refractivity contribution in [2.45, 2.75) is 37.4 Å². The molecule has 130 valence electrons. The van der Waals surface area contributed by atoms with Crippen LogP contribution in [0.15, 0.2) is 18.2 Å². The fourth-order valence-corrected chi connectivity index (χ4v) is 5.25. The molecule has 3 atom stereocenters. The molecule has 3 aliphatic rings. The Labute approximate surface area is 141 Å². The van der Waals surface area contributed by atoms with Crippen molar-refractivity contribution < 1.29 is 17.9 Å². The Morgan fingerprint density at radius 2 is 2.17 bits per heavy atom. The van der Waals surface area contributed by atoms with Gasteiger partial charge in [-0.15, -0.1) is 0 Å². The summed E-state index contributed by atoms with van der Waals surface area (Å²) in [6.07, 6.45) is 2.05. The molecule has 0 radical (unpaired) electrons. The van der Waals surface area contributed by atoms with Crippen molar-refractivity contribution >= 4 is 15.7 Å². The molecule has 1 aromatic carbocycles. The van der Waals surface area contributed by atoms with Gasteiger partial charge in [-0.3, -0.25) is 4.79 Å². The zero-order valence-electron chi connectivity index (χ0n) is 13.2. The lowest BCUT2D eigenvalue weighted by Crippen LogP contribution is -2.47. The summed E-state index contributed by atoms with van der Waals surface area (Å²) >= 11 is 0. The number of ether oxygens (including phenoxy) is 1. The van der Waals surface area contributed by atoms with Crippen molar-refractivity contribution in [3.63, 3.8) is 0 Å². The van der Waals surface area contributed by atoms with E-state index >= 15 is 0 Å². The Kier molecular flexibility index (Phi) is 3.98. The van der Waals surface area contributed by atoms with E-state index in [1.165, 1.54) is 5.56 Å². The predicted octanol–water partition coefficient (Wildman–Crippen LogP) is -0.168. The highest BCUT2D eigenvalue weighted by Gasteiger charge is 2.34. The molecule has 1 amide bonds. The number of hydrogen-bond donors (Lipinski definition) is 3. The number of hydrogen-bond acceptors (Lipinski definition) is 6. The summed E-state index contributed by atoms with van der Waals surface area (Å²) in [6.45, 7) is 0.727. The Morgan fingerprint density at radius 1 is 1.29 bits per heavy atom. The van der Waals surface area contributed by atoms with Crippen LogP contribution in [-0.4, -0.2) is 44.5 Å². The summed E-state index contributed by atoms with van der Waals surface area (Å²) in [4.78, 5) is 12.3. The Hall–Kier alpha value is -1.64. The van der Waals surface area contributed by atoms with Crippen molar-refractivity contribution in [1.29, 1.82) is 0 Å². The lowest BCUT2D eigenvalue weighted by atomic mass is 9.99. The van der Waals surface area contributed by atoms with Gasteiger partial charge in [0.2, 0.25) is 5.91 Å². The van der Waals surface area contributed by atoms with Crippen LogP contribution in [-0.2, 0) is 21.1 Å². The van der Waals surface area contributed by atoms with Gasteiger partial charge in [-0.05, 0) is 30.0 Å². The van der Waals surface area contributed by atoms with Crippen LogP contribution in [0, 0.1) is 0 Å². The number of carbonyl (C=O) groups is 1. The lowest BCUT2D eigenvalue weighted by Gasteiger charge is -2.15. The van der Waals surface area contributed by atoms with E-state index in [1.54, 1.807) is 0 Å². The fourth-order valence-electron chi connectivity index (χ4n) is 3.58. The van der Waals surface area contributed by atoms with Crippen LogP contribution in [0.2, 0.25) is 0 Å². The summed E-state index contributed by atoms with van der Waals surface area (Å²) < 4.78 is 28.5. The van der Waals surface area contributed by atoms with Crippen LogP contribution >= 0.6 is 0 Å². The van der Waals surface area contributed by atoms with E-state index < -0.39 is 9.84 Å². The molecule has 3 N–H and O–H groups in total. The average molecular weight is 351 g/mol. The Bertz CT molecular complexity index is 765. The number of amides is 1. The van der Waals surface area contributed by atoms with Crippen molar-refractivity contribution in [1.82, 2.24) is 16.2 Å². The third kappa shape index (κ3) is 3.13. The van der Waals surface area contributed by atoms with Crippen molar-refractivity contribution in [2.24, 2.45) is 0 Å². The van der Waals surface area contributed by atoms with Crippen molar-refractivity contribution in [3.8, 4) is 5.75 Å². The van der Waals surface area contributed by atoms with Crippen LogP contribution in [0.3, 0.4) is 0 Å². The van der Waals surface area contributed by atoms with Gasteiger partial charge in [-0.2, -0.15) is 0 Å². The summed E-state index contributed by atoms with van der Waals surface area (Å²) in [6, 6.07) is 5.57. The smallest absolute Gasteiger partial charge is 0.238 e. The summed E-state index contributed by atoms with van der Waals surface area (Å²) in [7, 11) is -2.99. The standard InChI is InChI=1S/C16H21N3O4S/c20-16(17-12-4-6-24(21,22)9-12)14-8-13(18-19-14)10-1-2-15-11(7-10)3-5-23-15/h1-2,7,12-14,18-19H,3-6,8-9H2,(H,17,20). The van der Waals surface area contributed by atoms with E-state index in [-0.39, 0.29) is 35.5 Å². The summed E-state index contributed by atoms with van der Waals surface area (Å²) in [5.41, 5.74) is 8.53. The van der Waals surface area contributed by atoms with Gasteiger partial charge < -0.3 is 10.1 Å². The number of nitrogens with one attached hydrogen (secondary N) is 3. The zero-order chi connectivity index (χ0) is 16.7. The molecule has 8 heteroatoms. The van der Waals surface area contributed by atoms with Gasteiger partial charge in [0.15, 0.2) is 9.84 Å². The third-order valence-corrected chi connectivity index (χ3v) is 6.68. The van der Waals surface area contributed by atoms with Crippen molar-refractivity contribution in [3.05, 3.63) is 29.3 Å². The molecule has 0 saturated carbocycles. The highest BCUT2D eigenvalue weighted by atomic mass is 32.2. The van der Waals surface area contributed by atoms with Gasteiger partial charge >= 0.3 is 0 Å². The van der Waals surface area contributed by atoms with E-state index in [1.807, 2.05) is 12.1 Å². The number of carbonyl (C=O) groups excluding carboxylic acids is 1. The first-order chi connectivity index (χ1) is 11.5. The van der Waals surface area contributed by atoms with E-state index in [9.17, 15) is 13.2 Å². The SMILES string of the molecule is O=C(NC1CCS(=O)(=O)C1)C1CC(c2ccc3c(c2)CCO3)NN1. The second-order valence-corrected chi connectivity index (χ2v) is 8.93. The minimum Gasteiger partial charge on any atom is -0.493 e. The third-order valence-electron chi connectivity index (χ3n) is 4.91. The van der Waals surface area contributed by atoms with Gasteiger partial charge in [0.1, 0.15) is 11.8 Å². The maximum Gasteiger partial charge on any atom is 0.238 e. The lowest BCUT2D eigenvalue weighted by molar-refractivity contribution is -0.123. The summed E-state index contributed by atoms with van der Waals surface area (Å²) in [5, 5.41) is 2.85. The molecule has 3 aliphatic heterocycles. The minimum absolute atomic E-state index is 0.0487. The Balaban J connectivity index is 1.37. The molecule has 2 saturated heterocycles. The monoisotopic (exact) mass is 351 g/mol. The second-order valence-electron chi connectivity index (χ2n) is 6.70. The van der Waals surface area contributed by atoms with Gasteiger partial charge in [0.25, 0.3) is 0 Å². The van der Waals surface area contributed by atoms with Gasteiger partial charge in [-0.25, -0.2) is 19.3 Å². The number of sulfone groups is 1. The molecule has 1 aromatic rings. The highest BCUT2D eigenvalue weighted by Crippen LogP contribution is 2.30. The Morgan fingerprint density at radius 3 is 2.96 bits per heavy atom. The quantitative estimate of drug-likeness (QED) is 0.700. The molecule has 0 aromatic heterocycles. The van der Waals surface area contributed by atoms with Crippen LogP contribution in [0.4, 0.5) is 0 Å². The average Bonchev–Trinajstić information content (AvgIpc) is 3.25. The first-order valence-electron chi connectivity index (χ1n) is 8.28. The summed E-state index contributed by atoms with van der Waals surface area (Å²) in [5.74, 6) is 1.01. The van der Waals surface area contributed by atoms with Crippen LogP contribution in [0.25, 0.3) is 0 Å². The molecule has 3 unspecified atom stereocenters. The fraction of sp³-hybridized carbons (Fsp3) is 0.562. The molecule has 24 heavy (non-hydrogen) atoms. The molecular weight excluding hydrogens is 330 g/mol. The van der Waals surface area contributed by atoms with Crippen LogP contribution < -0.4 is 20.9 Å². The molecule has 0 aliphatic carbocycles. The highest BCUT2D eigenvalue weighted by molar-refractivity contribution is 7.91. The van der Waals surface area contributed by atoms with Gasteiger partial charge in [-0.1, -0.05) is 12.1 Å². The van der Waals surface area contributed by atoms with E-state index in [0.29, 0.717) is 12.8 Å². The van der Waals surface area contributed by atoms with Crippen LogP contribution in [0.5, 0.6) is 5.75 Å². The molecule has 0 bridgehead atoms. The zero-order valence-corrected chi connectivity index (χ0v) is 14.1. The molecule has 0 spiro atoms. The van der Waals surface area contributed by atoms with E-state index in [0.717, 1.165) is 24.3 Å². The largest absolute Gasteiger partial charge is 0.493 e. The second kappa shape index (κ2) is 6.02. The molecule has 3 heterocycles. The predicted molar refractivity (Wildman–Crippen MR) is 88.3 cm³/mol. The van der Waals surface area contributed by atoms with Crippen molar-refractivity contribution in [2.75, 3.05) is 18.1 Å². The maximum absolute atomic E-state index is 12.3. The van der Waals surface area contributed by atoms with E-state index in [4.69, 9.17) is 4.74 Å². The van der Waals surface area contributed by atoms with E-state index in [2.05, 4.69) is 22.2 Å². The normalized spacial score (nSPS) is 30.8. The molecule has 7 nitrogen and oxygen atoms in total. The van der Waals surface area contributed by atoms with Gasteiger partial charge in [0, 0.05) is 18.5 Å². The number of benzene rings is 1. The first kappa shape index (κ1) is 15.9. The molecule has 4 rings (SSSR count). The number of rotatable bonds is 3. The molecule has 2 fully saturated rings. The minimum atomic E-state index is -2.99.